The molecule has 0 aliphatic heterocycles. The van der Waals surface area contributed by atoms with Gasteiger partial charge in [-0.3, -0.25) is 0 Å². The first-order chi connectivity index (χ1) is 4.84. The molecule has 58 valence electrons. The molecule has 0 spiro atoms. The lowest BCUT2D eigenvalue weighted by Gasteiger charge is -2.08. The van der Waals surface area contributed by atoms with Gasteiger partial charge in [-0.05, 0) is 30.6 Å². The van der Waals surface area contributed by atoms with Gasteiger partial charge >= 0.3 is 0 Å². The van der Waals surface area contributed by atoms with Crippen LogP contribution in [0.4, 0.5) is 0 Å². The van der Waals surface area contributed by atoms with Gasteiger partial charge in [0.2, 0.25) is 0 Å². The van der Waals surface area contributed by atoms with Gasteiger partial charge in [0, 0.05) is 0 Å². The first-order valence-corrected chi connectivity index (χ1v) is 4.84. The van der Waals surface area contributed by atoms with Crippen LogP contribution in [0.5, 0.6) is 0 Å². The largest absolute Gasteiger partial charge is 0.0625 e. The summed E-state index contributed by atoms with van der Waals surface area (Å²) in [5.74, 6) is 3.34. The molecule has 0 amide bonds. The molecule has 0 aromatic rings. The van der Waals surface area contributed by atoms with Crippen molar-refractivity contribution in [3.63, 3.8) is 0 Å². The van der Waals surface area contributed by atoms with E-state index in [-0.39, 0.29) is 0 Å². The number of hydrogen-bond donors (Lipinski definition) is 0. The van der Waals surface area contributed by atoms with E-state index < -0.39 is 0 Å². The predicted octanol–water partition coefficient (Wildman–Crippen LogP) is 3.22. The van der Waals surface area contributed by atoms with E-state index in [9.17, 15) is 0 Å². The van der Waals surface area contributed by atoms with Crippen LogP contribution < -0.4 is 0 Å². The van der Waals surface area contributed by atoms with Gasteiger partial charge < -0.3 is 0 Å². The summed E-state index contributed by atoms with van der Waals surface area (Å²) in [6.45, 7) is 2.44. The quantitative estimate of drug-likeness (QED) is 0.559. The minimum atomic E-state index is 1.04. The standard InChI is InChI=1S/C10H18/c1-8(6-9-2-3-9)7-10-4-5-10/h8-10H,2-7H2,1H3. The molecule has 2 rings (SSSR count). The van der Waals surface area contributed by atoms with Gasteiger partial charge in [0.25, 0.3) is 0 Å². The molecule has 10 heavy (non-hydrogen) atoms. The molecule has 0 bridgehead atoms. The van der Waals surface area contributed by atoms with E-state index in [1.165, 1.54) is 38.5 Å². The van der Waals surface area contributed by atoms with Gasteiger partial charge in [-0.1, -0.05) is 32.6 Å². The van der Waals surface area contributed by atoms with Crippen LogP contribution in [0.25, 0.3) is 0 Å². The second kappa shape index (κ2) is 2.56. The van der Waals surface area contributed by atoms with E-state index in [0.717, 1.165) is 17.8 Å². The number of rotatable bonds is 4. The lowest BCUT2D eigenvalue weighted by atomic mass is 9.98. The minimum Gasteiger partial charge on any atom is -0.0625 e. The van der Waals surface area contributed by atoms with Gasteiger partial charge in [-0.15, -0.1) is 0 Å². The van der Waals surface area contributed by atoms with Crippen LogP contribution in [0.1, 0.15) is 45.4 Å². The Kier molecular flexibility index (Phi) is 1.71. The zero-order chi connectivity index (χ0) is 6.97. The lowest BCUT2D eigenvalue weighted by molar-refractivity contribution is 0.438. The van der Waals surface area contributed by atoms with Gasteiger partial charge in [0.1, 0.15) is 0 Å². The van der Waals surface area contributed by atoms with E-state index in [1.54, 1.807) is 0 Å². The van der Waals surface area contributed by atoms with Crippen LogP contribution in [0, 0.1) is 17.8 Å². The molecule has 2 saturated carbocycles. The Morgan fingerprint density at radius 1 is 1.00 bits per heavy atom. The Morgan fingerprint density at radius 2 is 1.40 bits per heavy atom. The fourth-order valence-electron chi connectivity index (χ4n) is 1.94. The van der Waals surface area contributed by atoms with Crippen LogP contribution in [0.15, 0.2) is 0 Å². The van der Waals surface area contributed by atoms with E-state index in [4.69, 9.17) is 0 Å². The van der Waals surface area contributed by atoms with Crippen LogP contribution in [0.3, 0.4) is 0 Å². The molecule has 0 saturated heterocycles. The van der Waals surface area contributed by atoms with Gasteiger partial charge in [-0.25, -0.2) is 0 Å². The normalized spacial score (nSPS) is 25.8. The maximum Gasteiger partial charge on any atom is -0.0412 e. The molecule has 2 fully saturated rings. The summed E-state index contributed by atoms with van der Waals surface area (Å²) in [4.78, 5) is 0. The van der Waals surface area contributed by atoms with Crippen molar-refractivity contribution in [1.82, 2.24) is 0 Å². The highest BCUT2D eigenvalue weighted by molar-refractivity contribution is 4.80. The second-order valence-corrected chi connectivity index (χ2v) is 4.46. The Morgan fingerprint density at radius 3 is 1.70 bits per heavy atom. The molecule has 0 atom stereocenters. The first kappa shape index (κ1) is 6.69. The van der Waals surface area contributed by atoms with Crippen LogP contribution >= 0.6 is 0 Å². The maximum atomic E-state index is 2.44. The molecule has 2 aliphatic rings. The highest BCUT2D eigenvalue weighted by atomic mass is 14.3. The van der Waals surface area contributed by atoms with E-state index in [2.05, 4.69) is 6.92 Å². The fraction of sp³-hybridized carbons (Fsp3) is 1.00. The minimum absolute atomic E-state index is 1.04. The summed E-state index contributed by atoms with van der Waals surface area (Å²) in [5, 5.41) is 0. The fourth-order valence-corrected chi connectivity index (χ4v) is 1.94. The van der Waals surface area contributed by atoms with Crippen LogP contribution in [-0.2, 0) is 0 Å². The van der Waals surface area contributed by atoms with E-state index >= 15 is 0 Å². The number of hydrogen-bond acceptors (Lipinski definition) is 0. The van der Waals surface area contributed by atoms with Crippen molar-refractivity contribution in [2.24, 2.45) is 17.8 Å². The molecule has 0 heterocycles. The van der Waals surface area contributed by atoms with Crippen LogP contribution in [0.2, 0.25) is 0 Å². The smallest absolute Gasteiger partial charge is 0.0412 e. The monoisotopic (exact) mass is 138 g/mol. The molecular weight excluding hydrogens is 120 g/mol. The highest BCUT2D eigenvalue weighted by Crippen LogP contribution is 2.41. The average molecular weight is 138 g/mol. The summed E-state index contributed by atoms with van der Waals surface area (Å²) in [5.41, 5.74) is 0. The van der Waals surface area contributed by atoms with Crippen molar-refractivity contribution >= 4 is 0 Å². The average Bonchev–Trinajstić information content (AvgIpc) is 2.59. The van der Waals surface area contributed by atoms with Crippen molar-refractivity contribution in [3.8, 4) is 0 Å². The second-order valence-electron chi connectivity index (χ2n) is 4.46. The van der Waals surface area contributed by atoms with E-state index in [0.29, 0.717) is 0 Å². The van der Waals surface area contributed by atoms with Gasteiger partial charge in [0.05, 0.1) is 0 Å². The van der Waals surface area contributed by atoms with Crippen molar-refractivity contribution in [2.45, 2.75) is 45.4 Å². The molecule has 0 heteroatoms. The van der Waals surface area contributed by atoms with Crippen molar-refractivity contribution in [2.75, 3.05) is 0 Å². The molecule has 0 unspecified atom stereocenters. The van der Waals surface area contributed by atoms with Crippen molar-refractivity contribution in [3.05, 3.63) is 0 Å². The molecule has 2 aliphatic carbocycles. The third kappa shape index (κ3) is 2.00. The summed E-state index contributed by atoms with van der Waals surface area (Å²) in [7, 11) is 0. The SMILES string of the molecule is CC(CC1CC1)CC1CC1. The summed E-state index contributed by atoms with van der Waals surface area (Å²) >= 11 is 0. The van der Waals surface area contributed by atoms with E-state index in [1.807, 2.05) is 0 Å². The summed E-state index contributed by atoms with van der Waals surface area (Å²) in [6.07, 6.45) is 9.22. The third-order valence-electron chi connectivity index (χ3n) is 2.87. The first-order valence-electron chi connectivity index (χ1n) is 4.84. The zero-order valence-electron chi connectivity index (χ0n) is 6.97. The van der Waals surface area contributed by atoms with Gasteiger partial charge in [0.15, 0.2) is 0 Å². The summed E-state index contributed by atoms with van der Waals surface area (Å²) < 4.78 is 0. The lowest BCUT2D eigenvalue weighted by Crippen LogP contribution is -1.96. The van der Waals surface area contributed by atoms with Crippen molar-refractivity contribution < 1.29 is 0 Å². The molecule has 0 aromatic carbocycles. The zero-order valence-corrected chi connectivity index (χ0v) is 6.97. The highest BCUT2D eigenvalue weighted by Gasteiger charge is 2.28. The summed E-state index contributed by atoms with van der Waals surface area (Å²) in [6, 6.07) is 0. The Balaban J connectivity index is 1.60. The molecule has 0 N–H and O–H groups in total. The van der Waals surface area contributed by atoms with Crippen LogP contribution in [-0.4, -0.2) is 0 Å². The molecular formula is C10H18. The Bertz CT molecular complexity index is 95.2. The predicted molar refractivity (Wildman–Crippen MR) is 43.8 cm³/mol. The Labute approximate surface area is 64.0 Å². The molecule has 0 aromatic heterocycles. The maximum absolute atomic E-state index is 2.44. The Hall–Kier alpha value is 0. The van der Waals surface area contributed by atoms with Crippen molar-refractivity contribution in [1.29, 1.82) is 0 Å². The van der Waals surface area contributed by atoms with Gasteiger partial charge in [-0.2, -0.15) is 0 Å². The molecule has 0 nitrogen and oxygen atoms in total. The molecule has 0 radical (unpaired) electrons. The third-order valence-corrected chi connectivity index (χ3v) is 2.87. The topological polar surface area (TPSA) is 0 Å².